The topological polar surface area (TPSA) is 74.4 Å². The van der Waals surface area contributed by atoms with Crippen LogP contribution in [-0.2, 0) is 0 Å². The van der Waals surface area contributed by atoms with E-state index in [0.29, 0.717) is 11.2 Å². The molecule has 6 heteroatoms. The predicted octanol–water partition coefficient (Wildman–Crippen LogP) is 0.251. The number of hydrogen-bond donors (Lipinski definition) is 2. The highest BCUT2D eigenvalue weighted by Crippen LogP contribution is 2.08. The fourth-order valence-electron chi connectivity index (χ4n) is 0.822. The number of H-pyrrole nitrogens is 2. The third-order valence-electron chi connectivity index (χ3n) is 1.27. The van der Waals surface area contributed by atoms with Gasteiger partial charge in [0.2, 0.25) is 0 Å². The van der Waals surface area contributed by atoms with Gasteiger partial charge in [-0.25, -0.2) is 14.8 Å². The van der Waals surface area contributed by atoms with Crippen LogP contribution in [0.2, 0.25) is 0 Å². The van der Waals surface area contributed by atoms with E-state index < -0.39 is 0 Å². The van der Waals surface area contributed by atoms with E-state index in [9.17, 15) is 4.79 Å². The van der Waals surface area contributed by atoms with Crippen LogP contribution < -0.4 is 5.69 Å². The second-order valence-corrected chi connectivity index (χ2v) is 2.99. The first-order chi connectivity index (χ1) is 5.27. The van der Waals surface area contributed by atoms with Crippen molar-refractivity contribution in [1.29, 1.82) is 0 Å². The fourth-order valence-corrected chi connectivity index (χ4v) is 1.34. The van der Waals surface area contributed by atoms with Crippen molar-refractivity contribution in [2.45, 2.75) is 0 Å². The largest absolute Gasteiger partial charge is 0.325 e. The molecule has 11 heavy (non-hydrogen) atoms. The molecule has 0 bridgehead atoms. The maximum Gasteiger partial charge on any atom is 0.325 e. The lowest BCUT2D eigenvalue weighted by atomic mass is 10.6. The zero-order valence-corrected chi connectivity index (χ0v) is 7.42. The number of nitrogens with zero attached hydrogens (tertiary/aromatic N) is 2. The Labute approximate surface area is 74.4 Å². The molecule has 2 aromatic rings. The van der Waals surface area contributed by atoms with Gasteiger partial charge in [-0.1, -0.05) is 0 Å². The molecule has 2 N–H and O–H groups in total. The first-order valence-electron chi connectivity index (χ1n) is 2.86. The Morgan fingerprint density at radius 1 is 1.36 bits per heavy atom. The number of nitrogens with one attached hydrogen (secondary N) is 2. The van der Waals surface area contributed by atoms with Gasteiger partial charge < -0.3 is 4.98 Å². The van der Waals surface area contributed by atoms with Crippen molar-refractivity contribution in [2.24, 2.45) is 0 Å². The highest BCUT2D eigenvalue weighted by atomic mass is 127. The van der Waals surface area contributed by atoms with Crippen molar-refractivity contribution in [1.82, 2.24) is 19.9 Å². The van der Waals surface area contributed by atoms with Crippen LogP contribution >= 0.6 is 22.6 Å². The van der Waals surface area contributed by atoms with Crippen LogP contribution in [0.4, 0.5) is 0 Å². The lowest BCUT2D eigenvalue weighted by molar-refractivity contribution is 1.17. The molecule has 0 unspecified atom stereocenters. The quantitative estimate of drug-likeness (QED) is 0.528. The normalized spacial score (nSPS) is 10.6. The second kappa shape index (κ2) is 2.29. The number of aromatic amines is 2. The molecule has 0 atom stereocenters. The minimum atomic E-state index is -0.251. The van der Waals surface area contributed by atoms with Gasteiger partial charge in [-0.2, -0.15) is 0 Å². The first kappa shape index (κ1) is 6.77. The summed E-state index contributed by atoms with van der Waals surface area (Å²) in [6, 6.07) is 0. The van der Waals surface area contributed by atoms with E-state index in [4.69, 9.17) is 0 Å². The average Bonchev–Trinajstić information content (AvgIpc) is 2.31. The SMILES string of the molecule is O=c1[nH]c2ncnc(I)c2[nH]1. The Morgan fingerprint density at radius 3 is 2.91 bits per heavy atom. The Hall–Kier alpha value is -0.920. The average molecular weight is 262 g/mol. The van der Waals surface area contributed by atoms with Gasteiger partial charge in [-0.3, -0.25) is 4.98 Å². The summed E-state index contributed by atoms with van der Waals surface area (Å²) in [7, 11) is 0. The van der Waals surface area contributed by atoms with Crippen LogP contribution in [0.1, 0.15) is 0 Å². The summed E-state index contributed by atoms with van der Waals surface area (Å²) in [4.78, 5) is 23.6. The van der Waals surface area contributed by atoms with Crippen molar-refractivity contribution >= 4 is 33.8 Å². The van der Waals surface area contributed by atoms with Crippen LogP contribution in [0.15, 0.2) is 11.1 Å². The van der Waals surface area contributed by atoms with Crippen LogP contribution in [-0.4, -0.2) is 19.9 Å². The van der Waals surface area contributed by atoms with Crippen molar-refractivity contribution in [3.8, 4) is 0 Å². The Kier molecular flexibility index (Phi) is 1.41. The van der Waals surface area contributed by atoms with Gasteiger partial charge >= 0.3 is 5.69 Å². The molecule has 5 nitrogen and oxygen atoms in total. The molecular formula is C5H3IN4O. The third kappa shape index (κ3) is 1.02. The molecular weight excluding hydrogens is 259 g/mol. The summed E-state index contributed by atoms with van der Waals surface area (Å²) in [5.74, 6) is 0. The minimum absolute atomic E-state index is 0.251. The number of aromatic nitrogens is 4. The molecule has 0 aliphatic carbocycles. The molecule has 0 saturated heterocycles. The van der Waals surface area contributed by atoms with E-state index in [1.165, 1.54) is 6.33 Å². The molecule has 0 fully saturated rings. The summed E-state index contributed by atoms with van der Waals surface area (Å²) in [5, 5.41) is 0. The fraction of sp³-hybridized carbons (Fsp3) is 0. The van der Waals surface area contributed by atoms with Crippen molar-refractivity contribution in [3.63, 3.8) is 0 Å². The molecule has 0 radical (unpaired) electrons. The summed E-state index contributed by atoms with van der Waals surface area (Å²) in [6.07, 6.45) is 1.41. The van der Waals surface area contributed by atoms with Crippen LogP contribution in [0.3, 0.4) is 0 Å². The van der Waals surface area contributed by atoms with Crippen LogP contribution in [0.5, 0.6) is 0 Å². The maximum atomic E-state index is 10.8. The first-order valence-corrected chi connectivity index (χ1v) is 3.94. The summed E-state index contributed by atoms with van der Waals surface area (Å²) in [5.41, 5.74) is 0.964. The number of rotatable bonds is 0. The maximum absolute atomic E-state index is 10.8. The highest BCUT2D eigenvalue weighted by molar-refractivity contribution is 14.1. The lowest BCUT2D eigenvalue weighted by Gasteiger charge is -1.87. The smallest absolute Gasteiger partial charge is 0.302 e. The van der Waals surface area contributed by atoms with E-state index in [1.807, 2.05) is 22.6 Å². The summed E-state index contributed by atoms with van der Waals surface area (Å²) in [6.45, 7) is 0. The standard InChI is InChI=1S/C5H3IN4O/c6-3-2-4(8-1-7-3)10-5(11)9-2/h1H,(H2,7,8,9,10,11). The molecule has 0 aliphatic rings. The Morgan fingerprint density at radius 2 is 2.18 bits per heavy atom. The van der Waals surface area contributed by atoms with Crippen molar-refractivity contribution in [3.05, 3.63) is 20.5 Å². The Balaban J connectivity index is 3.01. The molecule has 2 rings (SSSR count). The predicted molar refractivity (Wildman–Crippen MR) is 47.2 cm³/mol. The zero-order chi connectivity index (χ0) is 7.84. The van der Waals surface area contributed by atoms with Gasteiger partial charge in [-0.15, -0.1) is 0 Å². The lowest BCUT2D eigenvalue weighted by Crippen LogP contribution is -1.99. The Bertz CT molecular complexity index is 445. The summed E-state index contributed by atoms with van der Waals surface area (Å²) < 4.78 is 0.742. The highest BCUT2D eigenvalue weighted by Gasteiger charge is 2.02. The minimum Gasteiger partial charge on any atom is -0.302 e. The van der Waals surface area contributed by atoms with Gasteiger partial charge in [0.1, 0.15) is 15.5 Å². The number of hydrogen-bond acceptors (Lipinski definition) is 3. The zero-order valence-electron chi connectivity index (χ0n) is 5.26. The van der Waals surface area contributed by atoms with E-state index in [2.05, 4.69) is 19.9 Å². The van der Waals surface area contributed by atoms with Crippen LogP contribution in [0, 0.1) is 3.70 Å². The van der Waals surface area contributed by atoms with Gasteiger partial charge in [0.25, 0.3) is 0 Å². The third-order valence-corrected chi connectivity index (χ3v) is 2.09. The van der Waals surface area contributed by atoms with Crippen molar-refractivity contribution in [2.75, 3.05) is 0 Å². The molecule has 0 spiro atoms. The molecule has 56 valence electrons. The monoisotopic (exact) mass is 262 g/mol. The molecule has 2 heterocycles. The van der Waals surface area contributed by atoms with Crippen LogP contribution in [0.25, 0.3) is 11.2 Å². The van der Waals surface area contributed by atoms with E-state index in [-0.39, 0.29) is 5.69 Å². The number of halogens is 1. The molecule has 0 saturated carbocycles. The molecule has 0 aromatic carbocycles. The van der Waals surface area contributed by atoms with Gasteiger partial charge in [0.05, 0.1) is 0 Å². The van der Waals surface area contributed by atoms with Gasteiger partial charge in [0.15, 0.2) is 5.65 Å². The number of imidazole rings is 1. The molecule has 0 aliphatic heterocycles. The summed E-state index contributed by atoms with van der Waals surface area (Å²) >= 11 is 2.03. The second-order valence-electron chi connectivity index (χ2n) is 1.97. The molecule has 0 amide bonds. The molecule has 2 aromatic heterocycles. The van der Waals surface area contributed by atoms with E-state index in [1.54, 1.807) is 0 Å². The number of fused-ring (bicyclic) bond motifs is 1. The van der Waals surface area contributed by atoms with Crippen molar-refractivity contribution < 1.29 is 0 Å². The van der Waals surface area contributed by atoms with Gasteiger partial charge in [0, 0.05) is 0 Å². The van der Waals surface area contributed by atoms with E-state index in [0.717, 1.165) is 3.70 Å². The van der Waals surface area contributed by atoms with E-state index >= 15 is 0 Å². The van der Waals surface area contributed by atoms with Gasteiger partial charge in [-0.05, 0) is 22.6 Å².